The second-order valence-corrected chi connectivity index (χ2v) is 7.00. The highest BCUT2D eigenvalue weighted by Gasteiger charge is 2.21. The van der Waals surface area contributed by atoms with Gasteiger partial charge in [0.05, 0.1) is 19.9 Å². The van der Waals surface area contributed by atoms with Crippen molar-refractivity contribution in [3.8, 4) is 11.5 Å². The number of hydrogen-bond acceptors (Lipinski definition) is 3. The summed E-state index contributed by atoms with van der Waals surface area (Å²) in [5, 5.41) is 4.08. The van der Waals surface area contributed by atoms with Gasteiger partial charge in [0.1, 0.15) is 11.5 Å². The summed E-state index contributed by atoms with van der Waals surface area (Å²) in [6.07, 6.45) is 3.48. The average Bonchev–Trinajstić information content (AvgIpc) is 2.69. The summed E-state index contributed by atoms with van der Waals surface area (Å²) in [5.41, 5.74) is 2.29. The fourth-order valence-corrected chi connectivity index (χ4v) is 3.68. The molecule has 0 spiro atoms. The predicted molar refractivity (Wildman–Crippen MR) is 110 cm³/mol. The molecule has 0 aromatic heterocycles. The number of ether oxygens (including phenoxy) is 2. The molecule has 26 heavy (non-hydrogen) atoms. The number of anilines is 1. The molecule has 0 unspecified atom stereocenters. The zero-order valence-electron chi connectivity index (χ0n) is 15.4. The highest BCUT2D eigenvalue weighted by atomic mass is 32.1. The lowest BCUT2D eigenvalue weighted by Crippen LogP contribution is -2.41. The Bertz CT molecular complexity index is 728. The Morgan fingerprint density at radius 1 is 1.08 bits per heavy atom. The average molecular weight is 371 g/mol. The maximum atomic E-state index is 5.62. The van der Waals surface area contributed by atoms with E-state index < -0.39 is 0 Å². The second kappa shape index (κ2) is 8.90. The first-order valence-electron chi connectivity index (χ1n) is 9.01. The van der Waals surface area contributed by atoms with Gasteiger partial charge in [-0.2, -0.15) is 0 Å². The van der Waals surface area contributed by atoms with E-state index in [0.29, 0.717) is 0 Å². The van der Waals surface area contributed by atoms with Gasteiger partial charge < -0.3 is 19.7 Å². The van der Waals surface area contributed by atoms with Crippen molar-refractivity contribution in [1.82, 2.24) is 4.90 Å². The molecule has 0 saturated carbocycles. The first kappa shape index (κ1) is 18.5. The molecule has 1 heterocycles. The third kappa shape index (κ3) is 4.67. The molecule has 2 aromatic carbocycles. The molecule has 3 rings (SSSR count). The first-order valence-corrected chi connectivity index (χ1v) is 9.42. The van der Waals surface area contributed by atoms with Crippen LogP contribution >= 0.6 is 12.2 Å². The van der Waals surface area contributed by atoms with Crippen molar-refractivity contribution in [2.45, 2.75) is 19.3 Å². The van der Waals surface area contributed by atoms with Crippen molar-refractivity contribution in [2.24, 2.45) is 5.92 Å². The van der Waals surface area contributed by atoms with Crippen LogP contribution in [0.3, 0.4) is 0 Å². The maximum Gasteiger partial charge on any atom is 0.173 e. The van der Waals surface area contributed by atoms with E-state index in [1.54, 1.807) is 14.2 Å². The van der Waals surface area contributed by atoms with E-state index in [1.807, 2.05) is 18.2 Å². The molecule has 1 aliphatic rings. The minimum atomic E-state index is 0.727. The zero-order valence-corrected chi connectivity index (χ0v) is 16.2. The Labute approximate surface area is 161 Å². The van der Waals surface area contributed by atoms with Gasteiger partial charge in [0.2, 0.25) is 0 Å². The van der Waals surface area contributed by atoms with Crippen LogP contribution in [0.4, 0.5) is 5.69 Å². The number of benzene rings is 2. The fourth-order valence-electron chi connectivity index (χ4n) is 3.38. The Balaban J connectivity index is 1.54. The van der Waals surface area contributed by atoms with Gasteiger partial charge in [-0.05, 0) is 55.1 Å². The molecule has 2 aromatic rings. The molecule has 1 saturated heterocycles. The second-order valence-electron chi connectivity index (χ2n) is 6.62. The highest BCUT2D eigenvalue weighted by Crippen LogP contribution is 2.30. The Morgan fingerprint density at radius 3 is 2.46 bits per heavy atom. The van der Waals surface area contributed by atoms with Crippen molar-refractivity contribution in [3.05, 3.63) is 54.1 Å². The number of nitrogens with zero attached hydrogens (tertiary/aromatic N) is 1. The van der Waals surface area contributed by atoms with Gasteiger partial charge in [-0.3, -0.25) is 0 Å². The first-order chi connectivity index (χ1) is 12.7. The van der Waals surface area contributed by atoms with E-state index in [1.165, 1.54) is 5.56 Å². The molecule has 1 fully saturated rings. The normalized spacial score (nSPS) is 14.8. The van der Waals surface area contributed by atoms with Gasteiger partial charge in [-0.1, -0.05) is 30.3 Å². The van der Waals surface area contributed by atoms with Gasteiger partial charge in [0.15, 0.2) is 5.11 Å². The molecule has 138 valence electrons. The monoisotopic (exact) mass is 370 g/mol. The predicted octanol–water partition coefficient (Wildman–Crippen LogP) is 4.36. The smallest absolute Gasteiger partial charge is 0.173 e. The molecule has 0 atom stereocenters. The Morgan fingerprint density at radius 2 is 1.81 bits per heavy atom. The minimum Gasteiger partial charge on any atom is -0.497 e. The molecule has 0 aliphatic carbocycles. The third-order valence-corrected chi connectivity index (χ3v) is 5.28. The van der Waals surface area contributed by atoms with Crippen LogP contribution in [0.2, 0.25) is 0 Å². The van der Waals surface area contributed by atoms with E-state index in [4.69, 9.17) is 21.7 Å². The molecule has 0 amide bonds. The van der Waals surface area contributed by atoms with Crippen LogP contribution < -0.4 is 14.8 Å². The molecule has 4 nitrogen and oxygen atoms in total. The molecular formula is C21H26N2O2S. The largest absolute Gasteiger partial charge is 0.497 e. The van der Waals surface area contributed by atoms with Crippen LogP contribution in [-0.4, -0.2) is 37.3 Å². The lowest BCUT2D eigenvalue weighted by Gasteiger charge is -2.34. The van der Waals surface area contributed by atoms with E-state index in [2.05, 4.69) is 40.5 Å². The van der Waals surface area contributed by atoms with Crippen molar-refractivity contribution in [3.63, 3.8) is 0 Å². The van der Waals surface area contributed by atoms with Crippen molar-refractivity contribution < 1.29 is 9.47 Å². The summed E-state index contributed by atoms with van der Waals surface area (Å²) in [6, 6.07) is 16.4. The van der Waals surface area contributed by atoms with Crippen molar-refractivity contribution in [2.75, 3.05) is 32.6 Å². The van der Waals surface area contributed by atoms with Gasteiger partial charge in [-0.15, -0.1) is 0 Å². The summed E-state index contributed by atoms with van der Waals surface area (Å²) in [4.78, 5) is 2.25. The van der Waals surface area contributed by atoms with Gasteiger partial charge in [0, 0.05) is 19.2 Å². The van der Waals surface area contributed by atoms with Crippen molar-refractivity contribution >= 4 is 23.0 Å². The third-order valence-electron chi connectivity index (χ3n) is 4.92. The topological polar surface area (TPSA) is 33.7 Å². The Kier molecular flexibility index (Phi) is 6.34. The van der Waals surface area contributed by atoms with Gasteiger partial charge in [0.25, 0.3) is 0 Å². The van der Waals surface area contributed by atoms with E-state index in [0.717, 1.165) is 60.6 Å². The van der Waals surface area contributed by atoms with Crippen LogP contribution in [0.5, 0.6) is 11.5 Å². The number of rotatable bonds is 5. The van der Waals surface area contributed by atoms with Crippen molar-refractivity contribution in [1.29, 1.82) is 0 Å². The number of piperidine rings is 1. The molecule has 1 N–H and O–H groups in total. The van der Waals surface area contributed by atoms with E-state index in [-0.39, 0.29) is 0 Å². The highest BCUT2D eigenvalue weighted by molar-refractivity contribution is 7.80. The lowest BCUT2D eigenvalue weighted by atomic mass is 9.90. The summed E-state index contributed by atoms with van der Waals surface area (Å²) in [6.45, 7) is 1.98. The number of thiocarbonyl (C=S) groups is 1. The summed E-state index contributed by atoms with van der Waals surface area (Å²) < 4.78 is 10.7. The molecule has 5 heteroatoms. The number of likely N-dealkylation sites (tertiary alicyclic amines) is 1. The van der Waals surface area contributed by atoms with E-state index >= 15 is 0 Å². The van der Waals surface area contributed by atoms with Crippen LogP contribution in [-0.2, 0) is 6.42 Å². The fraction of sp³-hybridized carbons (Fsp3) is 0.381. The quantitative estimate of drug-likeness (QED) is 0.791. The van der Waals surface area contributed by atoms with Crippen LogP contribution in [0.1, 0.15) is 18.4 Å². The Hall–Kier alpha value is -2.27. The standard InChI is InChI=1S/C21H26N2O2S/c1-24-18-8-9-19(20(15-18)25-2)22-21(26)23-12-10-17(11-13-23)14-16-6-4-3-5-7-16/h3-9,15,17H,10-14H2,1-2H3,(H,22,26). The molecule has 0 bridgehead atoms. The SMILES string of the molecule is COc1ccc(NC(=S)N2CCC(Cc3ccccc3)CC2)c(OC)c1. The summed E-state index contributed by atoms with van der Waals surface area (Å²) in [7, 11) is 3.30. The van der Waals surface area contributed by atoms with Crippen LogP contribution in [0.15, 0.2) is 48.5 Å². The van der Waals surface area contributed by atoms with Gasteiger partial charge >= 0.3 is 0 Å². The van der Waals surface area contributed by atoms with Gasteiger partial charge in [-0.25, -0.2) is 0 Å². The number of methoxy groups -OCH3 is 2. The lowest BCUT2D eigenvalue weighted by molar-refractivity contribution is 0.268. The zero-order chi connectivity index (χ0) is 18.4. The number of nitrogens with one attached hydrogen (secondary N) is 1. The molecule has 1 aliphatic heterocycles. The molecular weight excluding hydrogens is 344 g/mol. The van der Waals surface area contributed by atoms with E-state index in [9.17, 15) is 0 Å². The van der Waals surface area contributed by atoms with Crippen LogP contribution in [0.25, 0.3) is 0 Å². The summed E-state index contributed by atoms with van der Waals surface area (Å²) in [5.74, 6) is 2.22. The number of hydrogen-bond donors (Lipinski definition) is 1. The molecule has 0 radical (unpaired) electrons. The maximum absolute atomic E-state index is 5.62. The minimum absolute atomic E-state index is 0.727. The van der Waals surface area contributed by atoms with Crippen LogP contribution in [0, 0.1) is 5.92 Å². The summed E-state index contributed by atoms with van der Waals surface area (Å²) >= 11 is 5.62.